The van der Waals surface area contributed by atoms with Crippen molar-refractivity contribution in [3.05, 3.63) is 89.3 Å². The maximum absolute atomic E-state index is 13.7. The van der Waals surface area contributed by atoms with Crippen LogP contribution in [0, 0.1) is 23.3 Å². The second kappa shape index (κ2) is 7.87. The van der Waals surface area contributed by atoms with Gasteiger partial charge in [0.25, 0.3) is 11.8 Å². The number of nitrogens with zero attached hydrogens (tertiary/aromatic N) is 1. The number of benzene rings is 2. The van der Waals surface area contributed by atoms with E-state index in [-0.39, 0.29) is 11.4 Å². The summed E-state index contributed by atoms with van der Waals surface area (Å²) in [4.78, 5) is 28.3. The fraction of sp³-hybridized carbons (Fsp3) is 0. The first-order valence-corrected chi connectivity index (χ1v) is 7.84. The molecule has 0 atom stereocenters. The number of amides is 2. The predicted octanol–water partition coefficient (Wildman–Crippen LogP) is 4.14. The van der Waals surface area contributed by atoms with Gasteiger partial charge in [-0.15, -0.1) is 0 Å². The molecule has 0 aliphatic heterocycles. The van der Waals surface area contributed by atoms with Gasteiger partial charge in [0.1, 0.15) is 17.2 Å². The fourth-order valence-electron chi connectivity index (χ4n) is 2.22. The van der Waals surface area contributed by atoms with Crippen molar-refractivity contribution in [1.29, 1.82) is 0 Å². The molecule has 2 aromatic carbocycles. The number of pyridine rings is 1. The van der Waals surface area contributed by atoms with Crippen molar-refractivity contribution in [2.24, 2.45) is 0 Å². The van der Waals surface area contributed by atoms with Gasteiger partial charge < -0.3 is 10.6 Å². The Labute approximate surface area is 156 Å². The third kappa shape index (κ3) is 4.14. The quantitative estimate of drug-likeness (QED) is 0.520. The number of anilines is 2. The topological polar surface area (TPSA) is 71.1 Å². The molecule has 3 aromatic rings. The summed E-state index contributed by atoms with van der Waals surface area (Å²) in [6, 6.07) is 10.5. The second-order valence-corrected chi connectivity index (χ2v) is 5.55. The maximum atomic E-state index is 13.7. The molecule has 0 unspecified atom stereocenters. The van der Waals surface area contributed by atoms with E-state index in [9.17, 15) is 27.2 Å². The van der Waals surface area contributed by atoms with Crippen LogP contribution in [-0.4, -0.2) is 16.8 Å². The van der Waals surface area contributed by atoms with Crippen molar-refractivity contribution >= 4 is 23.2 Å². The van der Waals surface area contributed by atoms with E-state index in [1.807, 2.05) is 0 Å². The monoisotopic (exact) mass is 389 g/mol. The van der Waals surface area contributed by atoms with E-state index in [1.165, 1.54) is 30.3 Å². The molecule has 0 aliphatic rings. The smallest absolute Gasteiger partial charge is 0.274 e. The summed E-state index contributed by atoms with van der Waals surface area (Å²) in [5, 5.41) is 4.53. The first kappa shape index (κ1) is 19.0. The average molecular weight is 389 g/mol. The van der Waals surface area contributed by atoms with Crippen LogP contribution >= 0.6 is 0 Å². The minimum absolute atomic E-state index is 0.136. The maximum Gasteiger partial charge on any atom is 0.274 e. The summed E-state index contributed by atoms with van der Waals surface area (Å²) < 4.78 is 52.8. The summed E-state index contributed by atoms with van der Waals surface area (Å²) in [6.07, 6.45) is 0. The first-order valence-electron chi connectivity index (χ1n) is 7.84. The molecule has 0 saturated heterocycles. The van der Waals surface area contributed by atoms with E-state index in [0.717, 1.165) is 18.2 Å². The standard InChI is InChI=1S/C19H11F4N3O2/c20-10-4-6-11(7-5-10)24-18(27)14-2-1-3-15(25-14)19(28)26-13-9-8-12(21)16(22)17(13)23/h1-9H,(H,24,27)(H,26,28). The van der Waals surface area contributed by atoms with Crippen LogP contribution in [0.2, 0.25) is 0 Å². The molecule has 0 bridgehead atoms. The lowest BCUT2D eigenvalue weighted by Gasteiger charge is -2.08. The zero-order chi connectivity index (χ0) is 20.3. The Balaban J connectivity index is 1.77. The molecule has 142 valence electrons. The number of carbonyl (C=O) groups is 2. The predicted molar refractivity (Wildman–Crippen MR) is 92.9 cm³/mol. The Bertz CT molecular complexity index is 1060. The Morgan fingerprint density at radius 2 is 1.32 bits per heavy atom. The van der Waals surface area contributed by atoms with Crippen molar-refractivity contribution < 1.29 is 27.2 Å². The number of carbonyl (C=O) groups excluding carboxylic acids is 2. The van der Waals surface area contributed by atoms with E-state index >= 15 is 0 Å². The van der Waals surface area contributed by atoms with Crippen LogP contribution < -0.4 is 10.6 Å². The van der Waals surface area contributed by atoms with Crippen LogP contribution in [0.15, 0.2) is 54.6 Å². The molecular formula is C19H11F4N3O2. The second-order valence-electron chi connectivity index (χ2n) is 5.55. The normalized spacial score (nSPS) is 10.4. The molecule has 2 N–H and O–H groups in total. The van der Waals surface area contributed by atoms with Crippen LogP contribution in [-0.2, 0) is 0 Å². The third-order valence-corrected chi connectivity index (χ3v) is 3.60. The number of halogens is 4. The first-order chi connectivity index (χ1) is 13.3. The highest BCUT2D eigenvalue weighted by molar-refractivity contribution is 6.06. The zero-order valence-electron chi connectivity index (χ0n) is 14.0. The van der Waals surface area contributed by atoms with Crippen molar-refractivity contribution in [3.8, 4) is 0 Å². The lowest BCUT2D eigenvalue weighted by molar-refractivity contribution is 0.101. The molecule has 9 heteroatoms. The molecule has 0 fully saturated rings. The van der Waals surface area contributed by atoms with Gasteiger partial charge in [-0.25, -0.2) is 22.5 Å². The van der Waals surface area contributed by atoms with Gasteiger partial charge in [-0.3, -0.25) is 9.59 Å². The van der Waals surface area contributed by atoms with Gasteiger partial charge in [-0.2, -0.15) is 0 Å². The molecule has 5 nitrogen and oxygen atoms in total. The summed E-state index contributed by atoms with van der Waals surface area (Å²) in [5.74, 6) is -6.74. The number of nitrogens with one attached hydrogen (secondary N) is 2. The summed E-state index contributed by atoms with van der Waals surface area (Å²) in [6.45, 7) is 0. The Hall–Kier alpha value is -3.75. The highest BCUT2D eigenvalue weighted by atomic mass is 19.2. The molecule has 1 heterocycles. The van der Waals surface area contributed by atoms with Crippen LogP contribution in [0.1, 0.15) is 21.0 Å². The van der Waals surface area contributed by atoms with Gasteiger partial charge in [0.2, 0.25) is 0 Å². The van der Waals surface area contributed by atoms with E-state index in [1.54, 1.807) is 0 Å². The Morgan fingerprint density at radius 1 is 0.714 bits per heavy atom. The fourth-order valence-corrected chi connectivity index (χ4v) is 2.22. The largest absolute Gasteiger partial charge is 0.321 e. The van der Waals surface area contributed by atoms with Crippen LogP contribution in [0.4, 0.5) is 28.9 Å². The minimum atomic E-state index is -1.72. The number of hydrogen-bond donors (Lipinski definition) is 2. The van der Waals surface area contributed by atoms with Gasteiger partial charge in [-0.1, -0.05) is 6.07 Å². The molecule has 0 saturated carbocycles. The van der Waals surface area contributed by atoms with Gasteiger partial charge in [-0.05, 0) is 48.5 Å². The van der Waals surface area contributed by atoms with Gasteiger partial charge in [0.15, 0.2) is 17.5 Å². The zero-order valence-corrected chi connectivity index (χ0v) is 14.0. The third-order valence-electron chi connectivity index (χ3n) is 3.60. The van der Waals surface area contributed by atoms with Crippen molar-refractivity contribution in [2.75, 3.05) is 10.6 Å². The molecule has 0 radical (unpaired) electrons. The summed E-state index contributed by atoms with van der Waals surface area (Å²) in [5.41, 5.74) is -0.655. The SMILES string of the molecule is O=C(Nc1ccc(F)cc1)c1cccc(C(=O)Nc2ccc(F)c(F)c2F)n1. The van der Waals surface area contributed by atoms with E-state index < -0.39 is 40.8 Å². The van der Waals surface area contributed by atoms with Crippen LogP contribution in [0.25, 0.3) is 0 Å². The van der Waals surface area contributed by atoms with Gasteiger partial charge in [0.05, 0.1) is 5.69 Å². The lowest BCUT2D eigenvalue weighted by Crippen LogP contribution is -2.19. The van der Waals surface area contributed by atoms with Crippen molar-refractivity contribution in [2.45, 2.75) is 0 Å². The summed E-state index contributed by atoms with van der Waals surface area (Å²) >= 11 is 0. The van der Waals surface area contributed by atoms with Crippen LogP contribution in [0.3, 0.4) is 0 Å². The number of hydrogen-bond acceptors (Lipinski definition) is 3. The lowest BCUT2D eigenvalue weighted by atomic mass is 10.2. The Morgan fingerprint density at radius 3 is 1.96 bits per heavy atom. The van der Waals surface area contributed by atoms with Crippen molar-refractivity contribution in [1.82, 2.24) is 4.98 Å². The van der Waals surface area contributed by atoms with E-state index in [4.69, 9.17) is 0 Å². The van der Waals surface area contributed by atoms with Crippen molar-refractivity contribution in [3.63, 3.8) is 0 Å². The van der Waals surface area contributed by atoms with Crippen LogP contribution in [0.5, 0.6) is 0 Å². The minimum Gasteiger partial charge on any atom is -0.321 e. The highest BCUT2D eigenvalue weighted by Gasteiger charge is 2.18. The summed E-state index contributed by atoms with van der Waals surface area (Å²) in [7, 11) is 0. The van der Waals surface area contributed by atoms with Gasteiger partial charge in [0, 0.05) is 5.69 Å². The van der Waals surface area contributed by atoms with E-state index in [2.05, 4.69) is 15.6 Å². The molecular weight excluding hydrogens is 378 g/mol. The molecule has 0 spiro atoms. The highest BCUT2D eigenvalue weighted by Crippen LogP contribution is 2.20. The number of rotatable bonds is 4. The molecule has 0 aliphatic carbocycles. The molecule has 28 heavy (non-hydrogen) atoms. The molecule has 3 rings (SSSR count). The number of aromatic nitrogens is 1. The molecule has 2 amide bonds. The Kier molecular flexibility index (Phi) is 5.35. The molecule has 1 aromatic heterocycles. The van der Waals surface area contributed by atoms with E-state index in [0.29, 0.717) is 11.8 Å². The average Bonchev–Trinajstić information content (AvgIpc) is 2.70. The van der Waals surface area contributed by atoms with Gasteiger partial charge >= 0.3 is 0 Å².